The van der Waals surface area contributed by atoms with Crippen LogP contribution in [-0.4, -0.2) is 15.3 Å². The second-order valence-corrected chi connectivity index (χ2v) is 6.14. The number of nitrogens with zero attached hydrogens (tertiary/aromatic N) is 2. The van der Waals surface area contributed by atoms with E-state index in [1.807, 2.05) is 60.1 Å². The van der Waals surface area contributed by atoms with Crippen molar-refractivity contribution in [1.82, 2.24) is 9.38 Å². The van der Waals surface area contributed by atoms with Crippen LogP contribution in [0, 0.1) is 12.7 Å². The fourth-order valence-electron chi connectivity index (χ4n) is 2.78. The maximum Gasteiger partial charge on any atom is 0.255 e. The van der Waals surface area contributed by atoms with Crippen LogP contribution in [0.15, 0.2) is 73.1 Å². The molecule has 0 saturated carbocycles. The molecular weight excluding hydrogens is 329 g/mol. The Hall–Kier alpha value is -3.47. The molecule has 26 heavy (non-hydrogen) atoms. The molecule has 128 valence electrons. The van der Waals surface area contributed by atoms with Gasteiger partial charge in [-0.1, -0.05) is 18.2 Å². The van der Waals surface area contributed by atoms with Crippen LogP contribution >= 0.6 is 0 Å². The first-order chi connectivity index (χ1) is 12.6. The van der Waals surface area contributed by atoms with E-state index in [-0.39, 0.29) is 11.5 Å². The lowest BCUT2D eigenvalue weighted by Gasteiger charge is -2.06. The molecular formula is C21H16FN3O. The van der Waals surface area contributed by atoms with Crippen molar-refractivity contribution in [2.45, 2.75) is 6.92 Å². The zero-order chi connectivity index (χ0) is 18.1. The third-order valence-corrected chi connectivity index (χ3v) is 4.14. The number of carbonyl (C=O) groups is 1. The van der Waals surface area contributed by atoms with Crippen molar-refractivity contribution in [3.8, 4) is 11.3 Å². The minimum Gasteiger partial charge on any atom is -0.322 e. The standard InChI is InChI=1S/C21H16FN3O/c1-14-9-10-25-13-19(24-20(25)11-14)15-5-7-18(8-6-15)23-21(26)16-3-2-4-17(22)12-16/h2-13H,1H3,(H,23,26). The van der Waals surface area contributed by atoms with Crippen molar-refractivity contribution in [3.63, 3.8) is 0 Å². The smallest absolute Gasteiger partial charge is 0.255 e. The number of imidazole rings is 1. The maximum absolute atomic E-state index is 13.2. The summed E-state index contributed by atoms with van der Waals surface area (Å²) in [4.78, 5) is 16.8. The average molecular weight is 345 g/mol. The zero-order valence-electron chi connectivity index (χ0n) is 14.1. The molecule has 0 unspecified atom stereocenters. The minimum atomic E-state index is -0.435. The summed E-state index contributed by atoms with van der Waals surface area (Å²) in [7, 11) is 0. The molecule has 2 heterocycles. The lowest BCUT2D eigenvalue weighted by Crippen LogP contribution is -2.11. The normalized spacial score (nSPS) is 10.8. The third kappa shape index (κ3) is 3.19. The van der Waals surface area contributed by atoms with Crippen LogP contribution in [-0.2, 0) is 0 Å². The summed E-state index contributed by atoms with van der Waals surface area (Å²) in [6.45, 7) is 2.03. The Kier molecular flexibility index (Phi) is 3.97. The monoisotopic (exact) mass is 345 g/mol. The molecule has 4 aromatic rings. The number of aromatic nitrogens is 2. The third-order valence-electron chi connectivity index (χ3n) is 4.14. The fraction of sp³-hybridized carbons (Fsp3) is 0.0476. The highest BCUT2D eigenvalue weighted by atomic mass is 19.1. The summed E-state index contributed by atoms with van der Waals surface area (Å²) in [5.74, 6) is -0.782. The van der Waals surface area contributed by atoms with E-state index in [1.54, 1.807) is 6.07 Å². The van der Waals surface area contributed by atoms with Crippen molar-refractivity contribution in [2.75, 3.05) is 5.32 Å². The molecule has 4 rings (SSSR count). The molecule has 0 spiro atoms. The van der Waals surface area contributed by atoms with E-state index in [0.717, 1.165) is 22.5 Å². The number of hydrogen-bond acceptors (Lipinski definition) is 2. The molecule has 2 aromatic carbocycles. The van der Waals surface area contributed by atoms with Gasteiger partial charge in [0.2, 0.25) is 0 Å². The second kappa shape index (κ2) is 6.44. The fourth-order valence-corrected chi connectivity index (χ4v) is 2.78. The molecule has 0 fully saturated rings. The van der Waals surface area contributed by atoms with Crippen molar-refractivity contribution in [3.05, 3.63) is 90.0 Å². The van der Waals surface area contributed by atoms with Gasteiger partial charge in [0.1, 0.15) is 11.5 Å². The van der Waals surface area contributed by atoms with Gasteiger partial charge in [-0.2, -0.15) is 0 Å². The number of pyridine rings is 1. The first kappa shape index (κ1) is 16.0. The molecule has 2 aromatic heterocycles. The van der Waals surface area contributed by atoms with Crippen molar-refractivity contribution in [1.29, 1.82) is 0 Å². The average Bonchev–Trinajstić information content (AvgIpc) is 3.05. The number of benzene rings is 2. The molecule has 0 bridgehead atoms. The molecule has 4 nitrogen and oxygen atoms in total. The predicted octanol–water partition coefficient (Wildman–Crippen LogP) is 4.70. The molecule has 1 amide bonds. The van der Waals surface area contributed by atoms with Gasteiger partial charge in [0.25, 0.3) is 5.91 Å². The van der Waals surface area contributed by atoms with Gasteiger partial charge < -0.3 is 9.72 Å². The molecule has 0 aliphatic rings. The number of amides is 1. The lowest BCUT2D eigenvalue weighted by molar-refractivity contribution is 0.102. The molecule has 1 N–H and O–H groups in total. The molecule has 0 aliphatic heterocycles. The summed E-state index contributed by atoms with van der Waals surface area (Å²) in [5, 5.41) is 2.77. The maximum atomic E-state index is 13.2. The minimum absolute atomic E-state index is 0.282. The molecule has 0 radical (unpaired) electrons. The molecule has 0 atom stereocenters. The van der Waals surface area contributed by atoms with E-state index in [9.17, 15) is 9.18 Å². The van der Waals surface area contributed by atoms with Gasteiger partial charge in [-0.15, -0.1) is 0 Å². The summed E-state index contributed by atoms with van der Waals surface area (Å²) in [5.41, 5.74) is 4.79. The van der Waals surface area contributed by atoms with Crippen molar-refractivity contribution < 1.29 is 9.18 Å². The van der Waals surface area contributed by atoms with Crippen LogP contribution in [0.3, 0.4) is 0 Å². The van der Waals surface area contributed by atoms with E-state index in [2.05, 4.69) is 10.3 Å². The Morgan fingerprint density at radius 2 is 1.88 bits per heavy atom. The van der Waals surface area contributed by atoms with Crippen LogP contribution < -0.4 is 5.32 Å². The zero-order valence-corrected chi connectivity index (χ0v) is 14.1. The van der Waals surface area contributed by atoms with Gasteiger partial charge >= 0.3 is 0 Å². The van der Waals surface area contributed by atoms with Gasteiger partial charge in [0.15, 0.2) is 0 Å². The van der Waals surface area contributed by atoms with Crippen molar-refractivity contribution >= 4 is 17.2 Å². The number of carbonyl (C=O) groups excluding carboxylic acids is 1. The number of hydrogen-bond donors (Lipinski definition) is 1. The first-order valence-corrected chi connectivity index (χ1v) is 8.21. The van der Waals surface area contributed by atoms with E-state index < -0.39 is 5.82 Å². The highest BCUT2D eigenvalue weighted by Crippen LogP contribution is 2.22. The quantitative estimate of drug-likeness (QED) is 0.585. The van der Waals surface area contributed by atoms with E-state index >= 15 is 0 Å². The number of halogens is 1. The van der Waals surface area contributed by atoms with Crippen molar-refractivity contribution in [2.24, 2.45) is 0 Å². The molecule has 0 saturated heterocycles. The topological polar surface area (TPSA) is 46.4 Å². The first-order valence-electron chi connectivity index (χ1n) is 8.21. The highest BCUT2D eigenvalue weighted by Gasteiger charge is 2.08. The molecule has 5 heteroatoms. The lowest BCUT2D eigenvalue weighted by atomic mass is 10.1. The Morgan fingerprint density at radius 1 is 1.08 bits per heavy atom. The van der Waals surface area contributed by atoms with Gasteiger partial charge in [0, 0.05) is 29.2 Å². The predicted molar refractivity (Wildman–Crippen MR) is 99.7 cm³/mol. The van der Waals surface area contributed by atoms with E-state index in [4.69, 9.17) is 0 Å². The van der Waals surface area contributed by atoms with Crippen LogP contribution in [0.1, 0.15) is 15.9 Å². The highest BCUT2D eigenvalue weighted by molar-refractivity contribution is 6.04. The molecule has 0 aliphatic carbocycles. The number of fused-ring (bicyclic) bond motifs is 1. The Bertz CT molecular complexity index is 1100. The number of anilines is 1. The summed E-state index contributed by atoms with van der Waals surface area (Å²) >= 11 is 0. The Balaban J connectivity index is 1.55. The van der Waals surface area contributed by atoms with Gasteiger partial charge in [-0.3, -0.25) is 4.79 Å². The number of aryl methyl sites for hydroxylation is 1. The number of nitrogens with one attached hydrogen (secondary N) is 1. The van der Waals surface area contributed by atoms with Crippen LogP contribution in [0.4, 0.5) is 10.1 Å². The Labute approximate surface area is 149 Å². The van der Waals surface area contributed by atoms with Gasteiger partial charge in [-0.25, -0.2) is 9.37 Å². The SMILES string of the molecule is Cc1ccn2cc(-c3ccc(NC(=O)c4cccc(F)c4)cc3)nc2c1. The second-order valence-electron chi connectivity index (χ2n) is 6.14. The number of rotatable bonds is 3. The van der Waals surface area contributed by atoms with Gasteiger partial charge in [-0.05, 0) is 55.0 Å². The largest absolute Gasteiger partial charge is 0.322 e. The van der Waals surface area contributed by atoms with Crippen LogP contribution in [0.25, 0.3) is 16.9 Å². The summed E-state index contributed by atoms with van der Waals surface area (Å²) in [6, 6.07) is 17.1. The van der Waals surface area contributed by atoms with Crippen LogP contribution in [0.5, 0.6) is 0 Å². The summed E-state index contributed by atoms with van der Waals surface area (Å²) in [6.07, 6.45) is 3.95. The van der Waals surface area contributed by atoms with Crippen LogP contribution in [0.2, 0.25) is 0 Å². The van der Waals surface area contributed by atoms with E-state index in [1.165, 1.54) is 18.2 Å². The van der Waals surface area contributed by atoms with Gasteiger partial charge in [0.05, 0.1) is 5.69 Å². The summed E-state index contributed by atoms with van der Waals surface area (Å²) < 4.78 is 15.2. The van der Waals surface area contributed by atoms with E-state index in [0.29, 0.717) is 5.69 Å². The Morgan fingerprint density at radius 3 is 2.65 bits per heavy atom.